The van der Waals surface area contributed by atoms with Crippen LogP contribution in [0.1, 0.15) is 25.7 Å². The van der Waals surface area contributed by atoms with Gasteiger partial charge in [-0.3, -0.25) is 0 Å². The molecule has 2 aromatic heterocycles. The highest BCUT2D eigenvalue weighted by molar-refractivity contribution is 7.89. The van der Waals surface area contributed by atoms with Crippen LogP contribution in [0.4, 0.5) is 17.3 Å². The number of methoxy groups -OCH3 is 1. The molecule has 0 spiro atoms. The quantitative estimate of drug-likeness (QED) is 0.458. The second-order valence-corrected chi connectivity index (χ2v) is 10.8. The molecule has 1 aliphatic rings. The molecule has 1 fully saturated rings. The number of benzene rings is 1. The van der Waals surface area contributed by atoms with Crippen molar-refractivity contribution in [3.63, 3.8) is 0 Å². The number of sulfonamides is 1. The first-order chi connectivity index (χ1) is 15.7. The fraction of sp³-hybridized carbons (Fsp3) is 0.429. The van der Waals surface area contributed by atoms with Crippen molar-refractivity contribution < 1.29 is 13.2 Å². The Labute approximate surface area is 198 Å². The van der Waals surface area contributed by atoms with Gasteiger partial charge in [0.1, 0.15) is 27.3 Å². The smallest absolute Gasteiger partial charge is 0.246 e. The summed E-state index contributed by atoms with van der Waals surface area (Å²) in [6.45, 7) is 0. The van der Waals surface area contributed by atoms with E-state index in [-0.39, 0.29) is 22.7 Å². The van der Waals surface area contributed by atoms with Gasteiger partial charge >= 0.3 is 0 Å². The summed E-state index contributed by atoms with van der Waals surface area (Å²) >= 11 is 6.32. The second kappa shape index (κ2) is 9.34. The van der Waals surface area contributed by atoms with E-state index in [2.05, 4.69) is 20.7 Å². The Morgan fingerprint density at radius 1 is 1.21 bits per heavy atom. The summed E-state index contributed by atoms with van der Waals surface area (Å²) in [4.78, 5) is 4.71. The molecular weight excluding hydrogens is 466 g/mol. The number of anilines is 3. The van der Waals surface area contributed by atoms with E-state index >= 15 is 0 Å². The number of halogens is 1. The zero-order chi connectivity index (χ0) is 23.8. The SMILES string of the molecule is COc1cc(Nc2cc(NC3CCC(N)CC3)nc3c(Cl)cnn23)ccc1S(=O)(=O)N(C)C. The molecule has 0 unspecified atom stereocenters. The minimum absolute atomic E-state index is 0.0837. The Morgan fingerprint density at radius 3 is 2.61 bits per heavy atom. The average Bonchev–Trinajstić information content (AvgIpc) is 3.16. The minimum Gasteiger partial charge on any atom is -0.495 e. The lowest BCUT2D eigenvalue weighted by molar-refractivity contribution is 0.400. The third-order valence-corrected chi connectivity index (χ3v) is 7.87. The first kappa shape index (κ1) is 23.6. The van der Waals surface area contributed by atoms with Crippen LogP contribution in [0.15, 0.2) is 35.4 Å². The first-order valence-electron chi connectivity index (χ1n) is 10.6. The van der Waals surface area contributed by atoms with E-state index in [1.165, 1.54) is 33.5 Å². The summed E-state index contributed by atoms with van der Waals surface area (Å²) in [6, 6.07) is 7.20. The molecule has 4 rings (SSSR count). The molecule has 0 saturated heterocycles. The third kappa shape index (κ3) is 4.86. The normalized spacial score (nSPS) is 19.1. The summed E-state index contributed by atoms with van der Waals surface area (Å²) in [5.74, 6) is 1.52. The molecule has 12 heteroatoms. The maximum Gasteiger partial charge on any atom is 0.246 e. The van der Waals surface area contributed by atoms with E-state index in [1.807, 2.05) is 6.07 Å². The number of hydrogen-bond acceptors (Lipinski definition) is 8. The number of fused-ring (bicyclic) bond motifs is 1. The van der Waals surface area contributed by atoms with E-state index in [9.17, 15) is 8.42 Å². The van der Waals surface area contributed by atoms with Gasteiger partial charge in [0.05, 0.1) is 13.3 Å². The highest BCUT2D eigenvalue weighted by Gasteiger charge is 2.23. The van der Waals surface area contributed by atoms with Gasteiger partial charge in [0.2, 0.25) is 10.0 Å². The van der Waals surface area contributed by atoms with Gasteiger partial charge in [0.15, 0.2) is 5.65 Å². The van der Waals surface area contributed by atoms with E-state index in [1.54, 1.807) is 16.6 Å². The standard InChI is InChI=1S/C21H28ClN7O3S/c1-28(2)33(30,31)18-9-8-15(10-17(18)32-3)26-20-11-19(25-14-6-4-13(23)5-7-14)27-21-16(22)12-24-29(20)21/h8-14,26H,4-7,23H2,1-3H3,(H,25,27). The Bertz CT molecular complexity index is 1250. The molecule has 0 atom stereocenters. The molecule has 0 bridgehead atoms. The van der Waals surface area contributed by atoms with Crippen molar-refractivity contribution in [3.05, 3.63) is 35.5 Å². The summed E-state index contributed by atoms with van der Waals surface area (Å²) in [5.41, 5.74) is 7.16. The van der Waals surface area contributed by atoms with Gasteiger partial charge in [0.25, 0.3) is 0 Å². The van der Waals surface area contributed by atoms with Crippen LogP contribution < -0.4 is 21.1 Å². The average molecular weight is 494 g/mol. The fourth-order valence-electron chi connectivity index (χ4n) is 3.87. The van der Waals surface area contributed by atoms with Gasteiger partial charge in [-0.25, -0.2) is 17.7 Å². The molecular formula is C21H28ClN7O3S. The summed E-state index contributed by atoms with van der Waals surface area (Å²) < 4.78 is 33.3. The summed E-state index contributed by atoms with van der Waals surface area (Å²) in [6.07, 6.45) is 5.43. The lowest BCUT2D eigenvalue weighted by Gasteiger charge is -2.27. The lowest BCUT2D eigenvalue weighted by atomic mass is 9.92. The molecule has 10 nitrogen and oxygen atoms in total. The molecule has 3 aromatic rings. The maximum atomic E-state index is 12.6. The topological polar surface area (TPSA) is 127 Å². The molecule has 33 heavy (non-hydrogen) atoms. The number of nitrogens with zero attached hydrogens (tertiary/aromatic N) is 4. The van der Waals surface area contributed by atoms with Crippen molar-refractivity contribution in [2.75, 3.05) is 31.8 Å². The Kier molecular flexibility index (Phi) is 6.66. The Hall–Kier alpha value is -2.60. The van der Waals surface area contributed by atoms with Crippen LogP contribution in [-0.2, 0) is 10.0 Å². The summed E-state index contributed by atoms with van der Waals surface area (Å²) in [7, 11) is 0.737. The Morgan fingerprint density at radius 2 is 1.94 bits per heavy atom. The van der Waals surface area contributed by atoms with Crippen LogP contribution in [0.25, 0.3) is 5.65 Å². The van der Waals surface area contributed by atoms with Crippen molar-refractivity contribution in [3.8, 4) is 5.75 Å². The number of ether oxygens (including phenoxy) is 1. The lowest BCUT2D eigenvalue weighted by Crippen LogP contribution is -2.33. The molecule has 0 aliphatic heterocycles. The molecule has 1 aliphatic carbocycles. The van der Waals surface area contributed by atoms with Gasteiger partial charge in [-0.1, -0.05) is 11.6 Å². The number of rotatable bonds is 7. The molecule has 178 valence electrons. The Balaban J connectivity index is 1.67. The number of hydrogen-bond donors (Lipinski definition) is 3. The van der Waals surface area contributed by atoms with E-state index in [0.29, 0.717) is 28.0 Å². The van der Waals surface area contributed by atoms with Crippen molar-refractivity contribution in [1.82, 2.24) is 18.9 Å². The molecule has 4 N–H and O–H groups in total. The van der Waals surface area contributed by atoms with Gasteiger partial charge in [0, 0.05) is 44.0 Å². The van der Waals surface area contributed by atoms with E-state index in [0.717, 1.165) is 30.0 Å². The van der Waals surface area contributed by atoms with Gasteiger partial charge in [-0.05, 0) is 37.8 Å². The van der Waals surface area contributed by atoms with Gasteiger partial charge < -0.3 is 21.1 Å². The number of nitrogens with one attached hydrogen (secondary N) is 2. The van der Waals surface area contributed by atoms with Crippen LogP contribution in [0.2, 0.25) is 5.02 Å². The van der Waals surface area contributed by atoms with Crippen molar-refractivity contribution in [2.24, 2.45) is 5.73 Å². The second-order valence-electron chi connectivity index (χ2n) is 8.29. The first-order valence-corrected chi connectivity index (χ1v) is 12.4. The van der Waals surface area contributed by atoms with Crippen molar-refractivity contribution in [2.45, 2.75) is 42.7 Å². The molecule has 0 amide bonds. The van der Waals surface area contributed by atoms with Crippen LogP contribution >= 0.6 is 11.6 Å². The van der Waals surface area contributed by atoms with E-state index < -0.39 is 10.0 Å². The van der Waals surface area contributed by atoms with Crippen molar-refractivity contribution in [1.29, 1.82) is 0 Å². The number of nitrogens with two attached hydrogens (primary N) is 1. The van der Waals surface area contributed by atoms with Gasteiger partial charge in [-0.15, -0.1) is 0 Å². The van der Waals surface area contributed by atoms with Gasteiger partial charge in [-0.2, -0.15) is 9.61 Å². The minimum atomic E-state index is -3.65. The maximum absolute atomic E-state index is 12.6. The molecule has 1 aromatic carbocycles. The monoisotopic (exact) mass is 493 g/mol. The van der Waals surface area contributed by atoms with Crippen LogP contribution in [0, 0.1) is 0 Å². The van der Waals surface area contributed by atoms with Crippen LogP contribution in [0.5, 0.6) is 5.75 Å². The number of aromatic nitrogens is 3. The zero-order valence-corrected chi connectivity index (χ0v) is 20.3. The highest BCUT2D eigenvalue weighted by atomic mass is 35.5. The van der Waals surface area contributed by atoms with E-state index in [4.69, 9.17) is 22.1 Å². The fourth-order valence-corrected chi connectivity index (χ4v) is 5.07. The van der Waals surface area contributed by atoms with Crippen LogP contribution in [-0.4, -0.2) is 60.6 Å². The van der Waals surface area contributed by atoms with Crippen molar-refractivity contribution >= 4 is 44.6 Å². The van der Waals surface area contributed by atoms with Crippen LogP contribution in [0.3, 0.4) is 0 Å². The predicted molar refractivity (Wildman–Crippen MR) is 129 cm³/mol. The molecule has 2 heterocycles. The molecule has 1 saturated carbocycles. The highest BCUT2D eigenvalue weighted by Crippen LogP contribution is 2.32. The third-order valence-electron chi connectivity index (χ3n) is 5.75. The predicted octanol–water partition coefficient (Wildman–Crippen LogP) is 3.07. The zero-order valence-electron chi connectivity index (χ0n) is 18.7. The summed E-state index contributed by atoms with van der Waals surface area (Å²) in [5, 5.41) is 11.5. The molecule has 0 radical (unpaired) electrons. The largest absolute Gasteiger partial charge is 0.495 e.